The molecule has 0 radical (unpaired) electrons. The highest BCUT2D eigenvalue weighted by molar-refractivity contribution is 5.94. The first-order valence-corrected chi connectivity index (χ1v) is 7.16. The van der Waals surface area contributed by atoms with Crippen LogP contribution in [0.15, 0.2) is 24.7 Å². The summed E-state index contributed by atoms with van der Waals surface area (Å²) in [6.07, 6.45) is -0.672. The summed E-state index contributed by atoms with van der Waals surface area (Å²) in [7, 11) is 1.53. The maximum absolute atomic E-state index is 13.4. The monoisotopic (exact) mass is 337 g/mol. The Morgan fingerprint density at radius 3 is 2.50 bits per heavy atom. The highest BCUT2D eigenvalue weighted by Crippen LogP contribution is 2.36. The van der Waals surface area contributed by atoms with Gasteiger partial charge < -0.3 is 4.90 Å². The molecule has 0 aliphatic carbocycles. The first-order chi connectivity index (χ1) is 11.3. The van der Waals surface area contributed by atoms with Gasteiger partial charge >= 0.3 is 12.2 Å². The second-order valence-electron chi connectivity index (χ2n) is 5.53. The van der Waals surface area contributed by atoms with Crippen molar-refractivity contribution in [3.05, 3.63) is 35.9 Å². The van der Waals surface area contributed by atoms with Crippen LogP contribution in [0.2, 0.25) is 0 Å². The standard InChI is InChI=1S/C15H14F3N5O/c1-9-5-10(7-19-6-9)13-20-8-11(12(21-13)15(16,17)18)23-4-3-22(2)14(23)24/h5-8H,3-4H2,1-2H3. The molecule has 1 aliphatic rings. The number of aryl methyl sites for hydroxylation is 1. The van der Waals surface area contributed by atoms with Crippen LogP contribution < -0.4 is 4.90 Å². The molecular formula is C15H14F3N5O. The van der Waals surface area contributed by atoms with Gasteiger partial charge in [0.25, 0.3) is 0 Å². The molecule has 1 saturated heterocycles. The van der Waals surface area contributed by atoms with Crippen LogP contribution in [0.5, 0.6) is 0 Å². The van der Waals surface area contributed by atoms with Gasteiger partial charge in [0.2, 0.25) is 0 Å². The lowest BCUT2D eigenvalue weighted by molar-refractivity contribution is -0.140. The fourth-order valence-corrected chi connectivity index (χ4v) is 2.47. The molecule has 2 aromatic heterocycles. The summed E-state index contributed by atoms with van der Waals surface area (Å²) in [5.74, 6) is -0.0812. The number of rotatable bonds is 2. The number of hydrogen-bond acceptors (Lipinski definition) is 4. The van der Waals surface area contributed by atoms with Crippen molar-refractivity contribution in [3.8, 4) is 11.4 Å². The summed E-state index contributed by atoms with van der Waals surface area (Å²) in [6.45, 7) is 2.28. The topological polar surface area (TPSA) is 62.2 Å². The highest BCUT2D eigenvalue weighted by atomic mass is 19.4. The molecule has 0 aromatic carbocycles. The van der Waals surface area contributed by atoms with Crippen LogP contribution in [0, 0.1) is 6.92 Å². The van der Waals surface area contributed by atoms with Gasteiger partial charge in [-0.2, -0.15) is 13.2 Å². The molecule has 2 aromatic rings. The van der Waals surface area contributed by atoms with Gasteiger partial charge in [-0.3, -0.25) is 9.88 Å². The molecule has 0 spiro atoms. The van der Waals surface area contributed by atoms with Crippen molar-refractivity contribution >= 4 is 11.7 Å². The predicted molar refractivity (Wildman–Crippen MR) is 80.4 cm³/mol. The Kier molecular flexibility index (Phi) is 3.86. The van der Waals surface area contributed by atoms with Crippen molar-refractivity contribution < 1.29 is 18.0 Å². The Hall–Kier alpha value is -2.71. The van der Waals surface area contributed by atoms with Crippen molar-refractivity contribution in [1.82, 2.24) is 19.9 Å². The van der Waals surface area contributed by atoms with Crippen LogP contribution in [-0.4, -0.2) is 46.0 Å². The number of hydrogen-bond donors (Lipinski definition) is 0. The van der Waals surface area contributed by atoms with E-state index < -0.39 is 17.9 Å². The van der Waals surface area contributed by atoms with E-state index in [0.29, 0.717) is 12.1 Å². The minimum absolute atomic E-state index is 0.0812. The summed E-state index contributed by atoms with van der Waals surface area (Å²) < 4.78 is 40.3. The second kappa shape index (κ2) is 5.73. The Labute approximate surface area is 136 Å². The van der Waals surface area contributed by atoms with Crippen LogP contribution in [0.4, 0.5) is 23.7 Å². The van der Waals surface area contributed by atoms with E-state index in [0.717, 1.165) is 16.7 Å². The number of urea groups is 1. The smallest absolute Gasteiger partial charge is 0.326 e. The van der Waals surface area contributed by atoms with Gasteiger partial charge in [-0.25, -0.2) is 14.8 Å². The van der Waals surface area contributed by atoms with E-state index in [9.17, 15) is 18.0 Å². The van der Waals surface area contributed by atoms with Crippen LogP contribution in [-0.2, 0) is 6.18 Å². The van der Waals surface area contributed by atoms with E-state index in [4.69, 9.17) is 0 Å². The van der Waals surface area contributed by atoms with Crippen LogP contribution in [0.25, 0.3) is 11.4 Å². The summed E-state index contributed by atoms with van der Waals surface area (Å²) >= 11 is 0. The second-order valence-corrected chi connectivity index (χ2v) is 5.53. The summed E-state index contributed by atoms with van der Waals surface area (Å²) in [5.41, 5.74) is -0.291. The molecular weight excluding hydrogens is 323 g/mol. The average molecular weight is 337 g/mol. The fraction of sp³-hybridized carbons (Fsp3) is 0.333. The van der Waals surface area contributed by atoms with Gasteiger partial charge in [0.1, 0.15) is 0 Å². The maximum Gasteiger partial charge on any atom is 0.435 e. The Morgan fingerprint density at radius 1 is 1.17 bits per heavy atom. The summed E-state index contributed by atoms with van der Waals surface area (Å²) in [5, 5.41) is 0. The largest absolute Gasteiger partial charge is 0.435 e. The SMILES string of the molecule is Cc1cncc(-c2ncc(N3CCN(C)C3=O)c(C(F)(F)F)n2)c1. The van der Waals surface area contributed by atoms with Crippen molar-refractivity contribution in [2.45, 2.75) is 13.1 Å². The van der Waals surface area contributed by atoms with Crippen molar-refractivity contribution in [2.75, 3.05) is 25.0 Å². The number of aromatic nitrogens is 3. The molecule has 6 nitrogen and oxygen atoms in total. The summed E-state index contributed by atoms with van der Waals surface area (Å²) in [6, 6.07) is 1.14. The number of anilines is 1. The molecule has 0 N–H and O–H groups in total. The lowest BCUT2D eigenvalue weighted by Gasteiger charge is -2.20. The minimum atomic E-state index is -4.70. The molecule has 0 saturated carbocycles. The molecule has 1 fully saturated rings. The Bertz CT molecular complexity index is 793. The van der Waals surface area contributed by atoms with Gasteiger partial charge in [0.05, 0.1) is 11.9 Å². The number of carbonyl (C=O) groups is 1. The number of likely N-dealkylation sites (N-methyl/N-ethyl adjacent to an activating group) is 1. The number of halogens is 3. The third-order valence-electron chi connectivity index (χ3n) is 3.68. The van der Waals surface area contributed by atoms with E-state index in [2.05, 4.69) is 15.0 Å². The Balaban J connectivity index is 2.10. The zero-order chi connectivity index (χ0) is 17.5. The molecule has 0 unspecified atom stereocenters. The number of alkyl halides is 3. The lowest BCUT2D eigenvalue weighted by atomic mass is 10.2. The normalized spacial score (nSPS) is 15.3. The third kappa shape index (κ3) is 2.89. The van der Waals surface area contributed by atoms with Crippen LogP contribution >= 0.6 is 0 Å². The molecule has 0 bridgehead atoms. The molecule has 3 heterocycles. The van der Waals surface area contributed by atoms with Gasteiger partial charge in [-0.1, -0.05) is 0 Å². The van der Waals surface area contributed by atoms with Gasteiger partial charge in [0, 0.05) is 38.1 Å². The number of carbonyl (C=O) groups excluding carboxylic acids is 1. The summed E-state index contributed by atoms with van der Waals surface area (Å²) in [4.78, 5) is 26.0. The average Bonchev–Trinajstić information content (AvgIpc) is 2.85. The molecule has 24 heavy (non-hydrogen) atoms. The first-order valence-electron chi connectivity index (χ1n) is 7.16. The molecule has 2 amide bonds. The maximum atomic E-state index is 13.4. The first kappa shape index (κ1) is 16.2. The molecule has 126 valence electrons. The number of amides is 2. The lowest BCUT2D eigenvalue weighted by Crippen LogP contribution is -2.31. The minimum Gasteiger partial charge on any atom is -0.326 e. The van der Waals surface area contributed by atoms with E-state index in [-0.39, 0.29) is 18.1 Å². The quantitative estimate of drug-likeness (QED) is 0.845. The van der Waals surface area contributed by atoms with Crippen LogP contribution in [0.3, 0.4) is 0 Å². The Morgan fingerprint density at radius 2 is 1.92 bits per heavy atom. The van der Waals surface area contributed by atoms with Crippen molar-refractivity contribution in [2.24, 2.45) is 0 Å². The van der Waals surface area contributed by atoms with Crippen molar-refractivity contribution in [3.63, 3.8) is 0 Å². The number of pyridine rings is 1. The highest BCUT2D eigenvalue weighted by Gasteiger charge is 2.40. The van der Waals surface area contributed by atoms with Gasteiger partial charge in [0.15, 0.2) is 11.5 Å². The van der Waals surface area contributed by atoms with Crippen molar-refractivity contribution in [1.29, 1.82) is 0 Å². The van der Waals surface area contributed by atoms with E-state index in [1.165, 1.54) is 18.1 Å². The molecule has 9 heteroatoms. The molecule has 1 aliphatic heterocycles. The predicted octanol–water partition coefficient (Wildman–Crippen LogP) is 2.74. The van der Waals surface area contributed by atoms with Crippen LogP contribution in [0.1, 0.15) is 11.3 Å². The van der Waals surface area contributed by atoms with E-state index in [1.807, 2.05) is 0 Å². The van der Waals surface area contributed by atoms with Gasteiger partial charge in [-0.05, 0) is 18.6 Å². The number of nitrogens with zero attached hydrogens (tertiary/aromatic N) is 5. The van der Waals surface area contributed by atoms with E-state index >= 15 is 0 Å². The zero-order valence-electron chi connectivity index (χ0n) is 13.0. The molecule has 3 rings (SSSR count). The van der Waals surface area contributed by atoms with E-state index in [1.54, 1.807) is 19.2 Å². The third-order valence-corrected chi connectivity index (χ3v) is 3.68. The molecule has 0 atom stereocenters. The fourth-order valence-electron chi connectivity index (χ4n) is 2.47. The van der Waals surface area contributed by atoms with Gasteiger partial charge in [-0.15, -0.1) is 0 Å². The zero-order valence-corrected chi connectivity index (χ0v) is 13.0.